The van der Waals surface area contributed by atoms with Crippen LogP contribution in [0.2, 0.25) is 0 Å². The van der Waals surface area contributed by atoms with Crippen molar-refractivity contribution in [3.63, 3.8) is 0 Å². The van der Waals surface area contributed by atoms with Crippen LogP contribution in [0.15, 0.2) is 36.4 Å². The van der Waals surface area contributed by atoms with Crippen molar-refractivity contribution in [1.29, 1.82) is 0 Å². The van der Waals surface area contributed by atoms with Crippen LogP contribution in [-0.2, 0) is 4.79 Å². The van der Waals surface area contributed by atoms with Crippen molar-refractivity contribution in [2.75, 3.05) is 23.3 Å². The highest BCUT2D eigenvalue weighted by Gasteiger charge is 2.18. The highest BCUT2D eigenvalue weighted by atomic mass is 16.1. The lowest BCUT2D eigenvalue weighted by Gasteiger charge is -2.18. The molecule has 1 fully saturated rings. The van der Waals surface area contributed by atoms with Crippen LogP contribution in [0.5, 0.6) is 0 Å². The van der Waals surface area contributed by atoms with E-state index in [4.69, 9.17) is 0 Å². The van der Waals surface area contributed by atoms with Crippen LogP contribution in [0.4, 0.5) is 11.6 Å². The number of hydrogen-bond donors (Lipinski definition) is 1. The summed E-state index contributed by atoms with van der Waals surface area (Å²) in [6.07, 6.45) is 5.69. The molecule has 1 aromatic heterocycles. The van der Waals surface area contributed by atoms with Gasteiger partial charge in [-0.1, -0.05) is 30.3 Å². The van der Waals surface area contributed by atoms with E-state index in [1.807, 2.05) is 44.2 Å². The second-order valence-corrected chi connectivity index (χ2v) is 6.00. The van der Waals surface area contributed by atoms with Crippen molar-refractivity contribution in [3.8, 4) is 0 Å². The minimum Gasteiger partial charge on any atom is -0.341 e. The van der Waals surface area contributed by atoms with Gasteiger partial charge in [0, 0.05) is 19.2 Å². The zero-order chi connectivity index (χ0) is 16.9. The summed E-state index contributed by atoms with van der Waals surface area (Å²) in [7, 11) is 0. The fraction of sp³-hybridized carbons (Fsp3) is 0.316. The lowest BCUT2D eigenvalue weighted by atomic mass is 10.2. The number of nitrogens with zero attached hydrogens (tertiary/aromatic N) is 3. The minimum absolute atomic E-state index is 0.178. The molecule has 0 unspecified atom stereocenters. The van der Waals surface area contributed by atoms with Gasteiger partial charge in [-0.3, -0.25) is 4.79 Å². The van der Waals surface area contributed by atoms with E-state index in [0.717, 1.165) is 36.0 Å². The van der Waals surface area contributed by atoms with Crippen LogP contribution in [-0.4, -0.2) is 29.0 Å². The number of aryl methyl sites for hydroxylation is 2. The number of nitrogens with one attached hydrogen (secondary N) is 1. The predicted molar refractivity (Wildman–Crippen MR) is 97.1 cm³/mol. The van der Waals surface area contributed by atoms with Crippen molar-refractivity contribution in [1.82, 2.24) is 9.97 Å². The van der Waals surface area contributed by atoms with E-state index in [1.165, 1.54) is 18.9 Å². The van der Waals surface area contributed by atoms with Crippen LogP contribution in [0, 0.1) is 13.8 Å². The summed E-state index contributed by atoms with van der Waals surface area (Å²) in [4.78, 5) is 23.5. The molecule has 1 amide bonds. The third-order valence-corrected chi connectivity index (χ3v) is 4.12. The summed E-state index contributed by atoms with van der Waals surface area (Å²) in [5.41, 5.74) is 3.28. The van der Waals surface area contributed by atoms with Gasteiger partial charge in [0.1, 0.15) is 0 Å². The molecule has 1 saturated heterocycles. The van der Waals surface area contributed by atoms with Gasteiger partial charge in [0.2, 0.25) is 11.9 Å². The van der Waals surface area contributed by atoms with Crippen molar-refractivity contribution in [2.24, 2.45) is 0 Å². The number of hydrogen-bond acceptors (Lipinski definition) is 4. The van der Waals surface area contributed by atoms with E-state index in [2.05, 4.69) is 20.2 Å². The maximum absolute atomic E-state index is 12.2. The fourth-order valence-corrected chi connectivity index (χ4v) is 2.84. The largest absolute Gasteiger partial charge is 0.341 e. The number of rotatable bonds is 4. The van der Waals surface area contributed by atoms with Gasteiger partial charge in [0.15, 0.2) is 0 Å². The molecular formula is C19H22N4O. The average molecular weight is 322 g/mol. The quantitative estimate of drug-likeness (QED) is 0.877. The third-order valence-electron chi connectivity index (χ3n) is 4.12. The summed E-state index contributed by atoms with van der Waals surface area (Å²) in [6, 6.07) is 9.74. The first-order chi connectivity index (χ1) is 11.6. The fourth-order valence-electron chi connectivity index (χ4n) is 2.84. The minimum atomic E-state index is -0.178. The van der Waals surface area contributed by atoms with Gasteiger partial charge in [0.25, 0.3) is 0 Å². The van der Waals surface area contributed by atoms with Crippen molar-refractivity contribution in [2.45, 2.75) is 26.7 Å². The first-order valence-electron chi connectivity index (χ1n) is 8.28. The Morgan fingerprint density at radius 1 is 1.08 bits per heavy atom. The first-order valence-corrected chi connectivity index (χ1v) is 8.28. The number of benzene rings is 1. The topological polar surface area (TPSA) is 58.1 Å². The van der Waals surface area contributed by atoms with E-state index in [9.17, 15) is 4.79 Å². The van der Waals surface area contributed by atoms with Gasteiger partial charge < -0.3 is 10.2 Å². The van der Waals surface area contributed by atoms with E-state index >= 15 is 0 Å². The SMILES string of the molecule is Cc1nc(N2CCCC2)nc(C)c1NC(=O)/C=C/c1ccccc1. The molecule has 0 radical (unpaired) electrons. The highest BCUT2D eigenvalue weighted by molar-refractivity contribution is 6.02. The molecule has 0 saturated carbocycles. The van der Waals surface area contributed by atoms with Crippen LogP contribution < -0.4 is 10.2 Å². The molecular weight excluding hydrogens is 300 g/mol. The number of anilines is 2. The van der Waals surface area contributed by atoms with E-state index < -0.39 is 0 Å². The molecule has 5 nitrogen and oxygen atoms in total. The monoisotopic (exact) mass is 322 g/mol. The van der Waals surface area contributed by atoms with Crippen LogP contribution in [0.1, 0.15) is 29.8 Å². The normalized spacial score (nSPS) is 14.3. The zero-order valence-electron chi connectivity index (χ0n) is 14.1. The Balaban J connectivity index is 1.72. The standard InChI is InChI=1S/C19H22N4O/c1-14-18(15(2)21-19(20-14)23-12-6-7-13-23)22-17(24)11-10-16-8-4-3-5-9-16/h3-5,8-11H,6-7,12-13H2,1-2H3,(H,22,24)/b11-10+. The van der Waals surface area contributed by atoms with Crippen LogP contribution >= 0.6 is 0 Å². The van der Waals surface area contributed by atoms with Crippen molar-refractivity contribution in [3.05, 3.63) is 53.4 Å². The molecule has 1 aliphatic heterocycles. The Hall–Kier alpha value is -2.69. The van der Waals surface area contributed by atoms with Gasteiger partial charge in [0.05, 0.1) is 17.1 Å². The molecule has 2 aromatic rings. The lowest BCUT2D eigenvalue weighted by molar-refractivity contribution is -0.111. The maximum Gasteiger partial charge on any atom is 0.248 e. The van der Waals surface area contributed by atoms with E-state index in [1.54, 1.807) is 6.08 Å². The molecule has 24 heavy (non-hydrogen) atoms. The molecule has 1 aliphatic rings. The first kappa shape index (κ1) is 16.2. The van der Waals surface area contributed by atoms with Gasteiger partial charge in [-0.2, -0.15) is 0 Å². The molecule has 0 atom stereocenters. The number of carbonyl (C=O) groups is 1. The Kier molecular flexibility index (Phi) is 4.89. The summed E-state index contributed by atoms with van der Waals surface area (Å²) in [5, 5.41) is 2.90. The van der Waals surface area contributed by atoms with Gasteiger partial charge in [-0.15, -0.1) is 0 Å². The predicted octanol–water partition coefficient (Wildman–Crippen LogP) is 3.35. The molecule has 0 aliphatic carbocycles. The zero-order valence-corrected chi connectivity index (χ0v) is 14.1. The Morgan fingerprint density at radius 3 is 2.33 bits per heavy atom. The number of aromatic nitrogens is 2. The summed E-state index contributed by atoms with van der Waals surface area (Å²) in [6.45, 7) is 5.82. The number of carbonyl (C=O) groups excluding carboxylic acids is 1. The molecule has 2 heterocycles. The average Bonchev–Trinajstić information content (AvgIpc) is 3.11. The van der Waals surface area contributed by atoms with Crippen molar-refractivity contribution < 1.29 is 4.79 Å². The molecule has 0 spiro atoms. The lowest BCUT2D eigenvalue weighted by Crippen LogP contribution is -2.22. The molecule has 1 N–H and O–H groups in total. The molecule has 5 heteroatoms. The van der Waals surface area contributed by atoms with Crippen LogP contribution in [0.3, 0.4) is 0 Å². The molecule has 124 valence electrons. The summed E-state index contributed by atoms with van der Waals surface area (Å²) < 4.78 is 0. The van der Waals surface area contributed by atoms with Gasteiger partial charge in [-0.05, 0) is 38.3 Å². The van der Waals surface area contributed by atoms with Gasteiger partial charge >= 0.3 is 0 Å². The maximum atomic E-state index is 12.2. The Morgan fingerprint density at radius 2 is 1.71 bits per heavy atom. The summed E-state index contributed by atoms with van der Waals surface area (Å²) >= 11 is 0. The van der Waals surface area contributed by atoms with Gasteiger partial charge in [-0.25, -0.2) is 9.97 Å². The van der Waals surface area contributed by atoms with E-state index in [-0.39, 0.29) is 5.91 Å². The third kappa shape index (κ3) is 3.79. The second kappa shape index (κ2) is 7.25. The summed E-state index contributed by atoms with van der Waals surface area (Å²) in [5.74, 6) is 0.586. The smallest absolute Gasteiger partial charge is 0.248 e. The molecule has 1 aromatic carbocycles. The van der Waals surface area contributed by atoms with Crippen molar-refractivity contribution >= 4 is 23.6 Å². The van der Waals surface area contributed by atoms with Crippen LogP contribution in [0.25, 0.3) is 6.08 Å². The Bertz CT molecular complexity index is 726. The van der Waals surface area contributed by atoms with E-state index in [0.29, 0.717) is 5.69 Å². The highest BCUT2D eigenvalue weighted by Crippen LogP contribution is 2.22. The second-order valence-electron chi connectivity index (χ2n) is 6.00. The Labute approximate surface area is 142 Å². The number of amides is 1. The molecule has 0 bridgehead atoms. The molecule has 3 rings (SSSR count).